The third-order valence-corrected chi connectivity index (χ3v) is 3.86. The summed E-state index contributed by atoms with van der Waals surface area (Å²) >= 11 is 0. The Balaban J connectivity index is 1.81. The van der Waals surface area contributed by atoms with Crippen molar-refractivity contribution < 1.29 is 4.79 Å². The van der Waals surface area contributed by atoms with E-state index >= 15 is 0 Å². The molecule has 1 N–H and O–H groups in total. The smallest absolute Gasteiger partial charge is 0.251 e. The Morgan fingerprint density at radius 3 is 2.41 bits per heavy atom. The van der Waals surface area contributed by atoms with Crippen molar-refractivity contribution in [2.24, 2.45) is 5.41 Å². The standard InChI is InChI=1S/C19H28N2O/c1-19(2,3)11-10-16-6-8-17(9-7-16)18(22)20-12-15-21-13-4-5-14-21/h6-11H,4-5,12-15H2,1-3H3,(H,20,22). The molecule has 0 unspecified atom stereocenters. The molecule has 3 heteroatoms. The van der Waals surface area contributed by atoms with Crippen LogP contribution in [0.4, 0.5) is 0 Å². The second-order valence-electron chi connectivity index (χ2n) is 7.13. The second-order valence-corrected chi connectivity index (χ2v) is 7.13. The van der Waals surface area contributed by atoms with Crippen molar-refractivity contribution in [1.29, 1.82) is 0 Å². The van der Waals surface area contributed by atoms with Crippen molar-refractivity contribution in [2.75, 3.05) is 26.2 Å². The van der Waals surface area contributed by atoms with Crippen LogP contribution in [0, 0.1) is 5.41 Å². The molecular weight excluding hydrogens is 272 g/mol. The highest BCUT2D eigenvalue weighted by Crippen LogP contribution is 2.17. The summed E-state index contributed by atoms with van der Waals surface area (Å²) in [4.78, 5) is 14.5. The first-order valence-electron chi connectivity index (χ1n) is 8.24. The summed E-state index contributed by atoms with van der Waals surface area (Å²) in [7, 11) is 0. The van der Waals surface area contributed by atoms with Gasteiger partial charge in [0.25, 0.3) is 5.91 Å². The largest absolute Gasteiger partial charge is 0.351 e. The molecule has 0 aliphatic carbocycles. The third kappa shape index (κ3) is 5.64. The molecule has 1 fully saturated rings. The van der Waals surface area contributed by atoms with Crippen LogP contribution in [-0.2, 0) is 0 Å². The minimum absolute atomic E-state index is 0.0190. The lowest BCUT2D eigenvalue weighted by molar-refractivity contribution is 0.0950. The van der Waals surface area contributed by atoms with Crippen LogP contribution in [0.2, 0.25) is 0 Å². The van der Waals surface area contributed by atoms with Gasteiger partial charge in [0.15, 0.2) is 0 Å². The lowest BCUT2D eigenvalue weighted by atomic mass is 9.95. The summed E-state index contributed by atoms with van der Waals surface area (Å²) in [5.41, 5.74) is 2.03. The molecule has 0 saturated carbocycles. The average Bonchev–Trinajstić information content (AvgIpc) is 2.98. The van der Waals surface area contributed by atoms with E-state index in [0.29, 0.717) is 0 Å². The summed E-state index contributed by atoms with van der Waals surface area (Å²) in [6.45, 7) is 10.5. The van der Waals surface area contributed by atoms with E-state index in [1.165, 1.54) is 25.9 Å². The van der Waals surface area contributed by atoms with Gasteiger partial charge in [0.05, 0.1) is 0 Å². The van der Waals surface area contributed by atoms with Crippen LogP contribution in [0.25, 0.3) is 6.08 Å². The van der Waals surface area contributed by atoms with Gasteiger partial charge < -0.3 is 10.2 Å². The lowest BCUT2D eigenvalue weighted by Crippen LogP contribution is -2.33. The van der Waals surface area contributed by atoms with Crippen LogP contribution in [0.15, 0.2) is 30.3 Å². The highest BCUT2D eigenvalue weighted by Gasteiger charge is 2.11. The van der Waals surface area contributed by atoms with E-state index in [9.17, 15) is 4.79 Å². The van der Waals surface area contributed by atoms with Crippen molar-refractivity contribution in [3.8, 4) is 0 Å². The van der Waals surface area contributed by atoms with E-state index in [2.05, 4.69) is 43.1 Å². The van der Waals surface area contributed by atoms with E-state index in [0.717, 1.165) is 24.2 Å². The highest BCUT2D eigenvalue weighted by atomic mass is 16.1. The van der Waals surface area contributed by atoms with Gasteiger partial charge >= 0.3 is 0 Å². The van der Waals surface area contributed by atoms with Gasteiger partial charge in [0.1, 0.15) is 0 Å². The first-order valence-corrected chi connectivity index (χ1v) is 8.24. The van der Waals surface area contributed by atoms with Crippen molar-refractivity contribution in [3.05, 3.63) is 41.5 Å². The molecule has 1 aromatic carbocycles. The number of carbonyl (C=O) groups excluding carboxylic acids is 1. The first-order chi connectivity index (χ1) is 10.4. The second kappa shape index (κ2) is 7.59. The molecule has 2 rings (SSSR count). The molecule has 1 aliphatic heterocycles. The Kier molecular flexibility index (Phi) is 5.78. The molecule has 0 spiro atoms. The number of hydrogen-bond donors (Lipinski definition) is 1. The van der Waals surface area contributed by atoms with E-state index in [1.54, 1.807) is 0 Å². The minimum Gasteiger partial charge on any atom is -0.351 e. The van der Waals surface area contributed by atoms with Crippen molar-refractivity contribution in [2.45, 2.75) is 33.6 Å². The zero-order chi connectivity index (χ0) is 16.0. The molecule has 1 aromatic rings. The maximum absolute atomic E-state index is 12.1. The van der Waals surface area contributed by atoms with Gasteiger partial charge in [0.2, 0.25) is 0 Å². The van der Waals surface area contributed by atoms with Crippen LogP contribution in [0.3, 0.4) is 0 Å². The molecular formula is C19H28N2O. The predicted octanol–water partition coefficient (Wildman–Crippen LogP) is 3.57. The van der Waals surface area contributed by atoms with Crippen molar-refractivity contribution >= 4 is 12.0 Å². The Morgan fingerprint density at radius 2 is 1.82 bits per heavy atom. The third-order valence-electron chi connectivity index (χ3n) is 3.86. The highest BCUT2D eigenvalue weighted by molar-refractivity contribution is 5.94. The molecule has 1 saturated heterocycles. The number of likely N-dealkylation sites (tertiary alicyclic amines) is 1. The van der Waals surface area contributed by atoms with Gasteiger partial charge in [-0.25, -0.2) is 0 Å². The van der Waals surface area contributed by atoms with Crippen molar-refractivity contribution in [1.82, 2.24) is 10.2 Å². The number of hydrogen-bond acceptors (Lipinski definition) is 2. The molecule has 1 heterocycles. The van der Waals surface area contributed by atoms with Crippen LogP contribution >= 0.6 is 0 Å². The number of allylic oxidation sites excluding steroid dienone is 1. The van der Waals surface area contributed by atoms with E-state index in [-0.39, 0.29) is 11.3 Å². The van der Waals surface area contributed by atoms with Gasteiger partial charge in [-0.1, -0.05) is 45.1 Å². The first kappa shape index (κ1) is 16.8. The Bertz CT molecular complexity index is 505. The normalized spacial score (nSPS) is 16.3. The number of amides is 1. The monoisotopic (exact) mass is 300 g/mol. The van der Waals surface area contributed by atoms with Gasteiger partial charge in [-0.3, -0.25) is 4.79 Å². The summed E-state index contributed by atoms with van der Waals surface area (Å²) in [5, 5.41) is 3.00. The number of nitrogens with one attached hydrogen (secondary N) is 1. The average molecular weight is 300 g/mol. The zero-order valence-corrected chi connectivity index (χ0v) is 14.1. The lowest BCUT2D eigenvalue weighted by Gasteiger charge is -2.14. The van der Waals surface area contributed by atoms with Crippen LogP contribution in [0.5, 0.6) is 0 Å². The topological polar surface area (TPSA) is 32.3 Å². The van der Waals surface area contributed by atoms with Gasteiger partial charge in [-0.05, 0) is 49.0 Å². The van der Waals surface area contributed by atoms with Gasteiger partial charge in [-0.2, -0.15) is 0 Å². The summed E-state index contributed by atoms with van der Waals surface area (Å²) in [6.07, 6.45) is 6.86. The summed E-state index contributed by atoms with van der Waals surface area (Å²) in [5.74, 6) is 0.0190. The number of benzene rings is 1. The number of carbonyl (C=O) groups is 1. The quantitative estimate of drug-likeness (QED) is 0.901. The zero-order valence-electron chi connectivity index (χ0n) is 14.1. The molecule has 22 heavy (non-hydrogen) atoms. The Morgan fingerprint density at radius 1 is 1.18 bits per heavy atom. The van der Waals surface area contributed by atoms with E-state index in [4.69, 9.17) is 0 Å². The molecule has 1 amide bonds. The Labute approximate surface area is 134 Å². The van der Waals surface area contributed by atoms with Crippen LogP contribution < -0.4 is 5.32 Å². The Hall–Kier alpha value is -1.61. The van der Waals surface area contributed by atoms with Crippen LogP contribution in [0.1, 0.15) is 49.5 Å². The molecule has 0 atom stereocenters. The molecule has 0 radical (unpaired) electrons. The van der Waals surface area contributed by atoms with Crippen LogP contribution in [-0.4, -0.2) is 37.0 Å². The van der Waals surface area contributed by atoms with E-state index < -0.39 is 0 Å². The maximum Gasteiger partial charge on any atom is 0.251 e. The molecule has 3 nitrogen and oxygen atoms in total. The fourth-order valence-electron chi connectivity index (χ4n) is 2.53. The SMILES string of the molecule is CC(C)(C)C=Cc1ccc(C(=O)NCCN2CCCC2)cc1. The molecule has 1 aliphatic rings. The minimum atomic E-state index is 0.0190. The van der Waals surface area contributed by atoms with Gasteiger partial charge in [-0.15, -0.1) is 0 Å². The maximum atomic E-state index is 12.1. The van der Waals surface area contributed by atoms with E-state index in [1.807, 2.05) is 24.3 Å². The summed E-state index contributed by atoms with van der Waals surface area (Å²) in [6, 6.07) is 7.79. The fraction of sp³-hybridized carbons (Fsp3) is 0.526. The summed E-state index contributed by atoms with van der Waals surface area (Å²) < 4.78 is 0. The molecule has 0 bridgehead atoms. The number of rotatable bonds is 5. The fourth-order valence-corrected chi connectivity index (χ4v) is 2.53. The number of nitrogens with zero attached hydrogens (tertiary/aromatic N) is 1. The predicted molar refractivity (Wildman–Crippen MR) is 92.9 cm³/mol. The van der Waals surface area contributed by atoms with Gasteiger partial charge in [0, 0.05) is 18.7 Å². The molecule has 120 valence electrons. The molecule has 0 aromatic heterocycles. The van der Waals surface area contributed by atoms with Crippen molar-refractivity contribution in [3.63, 3.8) is 0 Å².